The molecule has 0 aliphatic rings. The zero-order valence-corrected chi connectivity index (χ0v) is 21.7. The van der Waals surface area contributed by atoms with Crippen LogP contribution in [0.15, 0.2) is 45.1 Å². The second-order valence-electron chi connectivity index (χ2n) is 6.88. The number of nitrogens with one attached hydrogen (secondary N) is 2. The number of ether oxygens (including phenoxy) is 1. The fraction of sp³-hybridized carbons (Fsp3) is 0.150. The Labute approximate surface area is 220 Å². The van der Waals surface area contributed by atoms with Gasteiger partial charge in [-0.15, -0.1) is 21.5 Å². The molecule has 4 aromatic rings. The van der Waals surface area contributed by atoms with Gasteiger partial charge in [0.1, 0.15) is 11.4 Å². The van der Waals surface area contributed by atoms with Gasteiger partial charge in [0.25, 0.3) is 5.69 Å². The van der Waals surface area contributed by atoms with E-state index in [1.165, 1.54) is 71.5 Å². The zero-order chi connectivity index (χ0) is 25.7. The van der Waals surface area contributed by atoms with Gasteiger partial charge in [-0.2, -0.15) is 0 Å². The van der Waals surface area contributed by atoms with Gasteiger partial charge < -0.3 is 21.1 Å². The molecule has 0 bridgehead atoms. The number of nitrogens with two attached hydrogens (primary N) is 1. The Bertz CT molecular complexity index is 1440. The van der Waals surface area contributed by atoms with Crippen LogP contribution < -0.4 is 21.1 Å². The lowest BCUT2D eigenvalue weighted by atomic mass is 10.2. The van der Waals surface area contributed by atoms with Crippen LogP contribution in [0, 0.1) is 10.1 Å². The number of methoxy groups -OCH3 is 1. The van der Waals surface area contributed by atoms with E-state index in [1.807, 2.05) is 6.07 Å². The number of rotatable bonds is 10. The minimum Gasteiger partial charge on any atom is -0.496 e. The lowest BCUT2D eigenvalue weighted by Gasteiger charge is -2.07. The van der Waals surface area contributed by atoms with Crippen molar-refractivity contribution in [1.29, 1.82) is 0 Å². The van der Waals surface area contributed by atoms with Crippen LogP contribution in [-0.2, 0) is 9.59 Å². The number of benzene rings is 2. The van der Waals surface area contributed by atoms with Gasteiger partial charge in [0.15, 0.2) is 8.68 Å². The molecule has 0 fully saturated rings. The number of thiazole rings is 1. The van der Waals surface area contributed by atoms with Gasteiger partial charge in [0.2, 0.25) is 16.9 Å². The van der Waals surface area contributed by atoms with Crippen molar-refractivity contribution in [1.82, 2.24) is 15.2 Å². The van der Waals surface area contributed by atoms with Crippen LogP contribution in [0.4, 0.5) is 22.2 Å². The van der Waals surface area contributed by atoms with E-state index in [0.717, 1.165) is 10.2 Å². The molecular formula is C20H17N7O5S4. The van der Waals surface area contributed by atoms with Crippen LogP contribution in [0.2, 0.25) is 0 Å². The van der Waals surface area contributed by atoms with Crippen LogP contribution in [-0.4, -0.2) is 50.5 Å². The average molecular weight is 564 g/mol. The number of hydrogen-bond donors (Lipinski definition) is 3. The monoisotopic (exact) mass is 563 g/mol. The van der Waals surface area contributed by atoms with Crippen LogP contribution in [0.3, 0.4) is 0 Å². The van der Waals surface area contributed by atoms with Gasteiger partial charge in [-0.3, -0.25) is 19.7 Å². The molecule has 0 aliphatic carbocycles. The van der Waals surface area contributed by atoms with Gasteiger partial charge >= 0.3 is 0 Å². The summed E-state index contributed by atoms with van der Waals surface area (Å²) >= 11 is 5.05. The molecule has 0 unspecified atom stereocenters. The average Bonchev–Trinajstić information content (AvgIpc) is 3.46. The standard InChI is InChI=1S/C20H17N7O5S4/c1-32-11-3-5-12(14(7-11)27(30)31)23-17(29)9-33-19-24-13-4-2-10(6-15(13)35-19)22-16(28)8-34-20-26-25-18(21)36-20/h2-7H,8-9H2,1H3,(H2,21,25)(H,22,28)(H,23,29). The third kappa shape index (κ3) is 6.60. The van der Waals surface area contributed by atoms with Crippen molar-refractivity contribution in [3.05, 3.63) is 46.5 Å². The molecular weight excluding hydrogens is 547 g/mol. The van der Waals surface area contributed by atoms with Crippen molar-refractivity contribution in [2.75, 3.05) is 35.0 Å². The van der Waals surface area contributed by atoms with Gasteiger partial charge in [0, 0.05) is 5.69 Å². The Morgan fingerprint density at radius 2 is 1.81 bits per heavy atom. The Balaban J connectivity index is 1.33. The molecule has 2 aromatic heterocycles. The van der Waals surface area contributed by atoms with Crippen molar-refractivity contribution in [3.8, 4) is 5.75 Å². The third-order valence-electron chi connectivity index (χ3n) is 4.40. The highest BCUT2D eigenvalue weighted by molar-refractivity contribution is 8.02. The van der Waals surface area contributed by atoms with E-state index in [4.69, 9.17) is 10.5 Å². The van der Waals surface area contributed by atoms with Gasteiger partial charge in [-0.05, 0) is 30.3 Å². The molecule has 2 aromatic carbocycles. The number of hydrogen-bond acceptors (Lipinski definition) is 13. The highest BCUT2D eigenvalue weighted by atomic mass is 32.2. The van der Waals surface area contributed by atoms with E-state index in [0.29, 0.717) is 25.2 Å². The molecule has 4 rings (SSSR count). The number of nitro groups is 1. The topological polar surface area (TPSA) is 175 Å². The largest absolute Gasteiger partial charge is 0.496 e. The summed E-state index contributed by atoms with van der Waals surface area (Å²) in [6.07, 6.45) is 0. The smallest absolute Gasteiger partial charge is 0.296 e. The summed E-state index contributed by atoms with van der Waals surface area (Å²) in [6.45, 7) is 0. The van der Waals surface area contributed by atoms with Crippen molar-refractivity contribution < 1.29 is 19.2 Å². The molecule has 36 heavy (non-hydrogen) atoms. The molecule has 4 N–H and O–H groups in total. The molecule has 0 radical (unpaired) electrons. The number of nitrogen functional groups attached to an aromatic ring is 1. The molecule has 186 valence electrons. The number of amides is 2. The summed E-state index contributed by atoms with van der Waals surface area (Å²) in [5.41, 5.74) is 6.71. The minimum absolute atomic E-state index is 0.0138. The van der Waals surface area contributed by atoms with Crippen molar-refractivity contribution in [2.45, 2.75) is 8.68 Å². The second kappa shape index (κ2) is 11.5. The summed E-state index contributed by atoms with van der Waals surface area (Å²) in [5.74, 6) is -0.107. The molecule has 12 nitrogen and oxygen atoms in total. The molecule has 0 atom stereocenters. The molecule has 0 aliphatic heterocycles. The molecule has 0 saturated carbocycles. The first-order chi connectivity index (χ1) is 17.3. The maximum absolute atomic E-state index is 12.4. The Morgan fingerprint density at radius 3 is 2.50 bits per heavy atom. The van der Waals surface area contributed by atoms with Crippen LogP contribution >= 0.6 is 46.2 Å². The minimum atomic E-state index is -0.583. The number of nitro benzene ring substituents is 1. The second-order valence-corrected chi connectivity index (χ2v) is 11.4. The fourth-order valence-electron chi connectivity index (χ4n) is 2.85. The first kappa shape index (κ1) is 25.6. The highest BCUT2D eigenvalue weighted by Gasteiger charge is 2.18. The Kier molecular flexibility index (Phi) is 8.19. The predicted octanol–water partition coefficient (Wildman–Crippen LogP) is 4.11. The van der Waals surface area contributed by atoms with E-state index < -0.39 is 10.8 Å². The van der Waals surface area contributed by atoms with E-state index in [2.05, 4.69) is 25.8 Å². The molecule has 16 heteroatoms. The first-order valence-electron chi connectivity index (χ1n) is 9.98. The number of carbonyl (C=O) groups excluding carboxylic acids is 2. The summed E-state index contributed by atoms with van der Waals surface area (Å²) in [6, 6.07) is 9.54. The molecule has 2 amide bonds. The Morgan fingerprint density at radius 1 is 1.06 bits per heavy atom. The predicted molar refractivity (Wildman–Crippen MR) is 142 cm³/mol. The summed E-state index contributed by atoms with van der Waals surface area (Å²) in [7, 11) is 1.40. The first-order valence-corrected chi connectivity index (χ1v) is 13.6. The third-order valence-corrected chi connectivity index (χ3v) is 8.45. The number of carbonyl (C=O) groups is 2. The number of aromatic nitrogens is 3. The SMILES string of the molecule is COc1ccc(NC(=O)CSc2nc3ccc(NC(=O)CSc4nnc(N)s4)cc3s2)c([N+](=O)[O-])c1. The van der Waals surface area contributed by atoms with Crippen LogP contribution in [0.5, 0.6) is 5.75 Å². The highest BCUT2D eigenvalue weighted by Crippen LogP contribution is 2.33. The summed E-state index contributed by atoms with van der Waals surface area (Å²) < 4.78 is 7.11. The van der Waals surface area contributed by atoms with Crippen LogP contribution in [0.25, 0.3) is 10.2 Å². The quantitative estimate of drug-likeness (QED) is 0.144. The van der Waals surface area contributed by atoms with Crippen molar-refractivity contribution >= 4 is 90.4 Å². The number of anilines is 3. The van der Waals surface area contributed by atoms with Crippen molar-refractivity contribution in [3.63, 3.8) is 0 Å². The van der Waals surface area contributed by atoms with E-state index in [9.17, 15) is 19.7 Å². The van der Waals surface area contributed by atoms with Gasteiger partial charge in [-0.25, -0.2) is 4.98 Å². The van der Waals surface area contributed by atoms with Gasteiger partial charge in [0.05, 0.1) is 39.8 Å². The zero-order valence-electron chi connectivity index (χ0n) is 18.4. The van der Waals surface area contributed by atoms with E-state index >= 15 is 0 Å². The number of fused-ring (bicyclic) bond motifs is 1. The molecule has 0 saturated heterocycles. The number of nitrogens with zero attached hydrogens (tertiary/aromatic N) is 4. The maximum atomic E-state index is 12.4. The van der Waals surface area contributed by atoms with Crippen molar-refractivity contribution in [2.24, 2.45) is 0 Å². The number of thioether (sulfide) groups is 2. The summed E-state index contributed by atoms with van der Waals surface area (Å²) in [4.78, 5) is 39.8. The fourth-order valence-corrected chi connectivity index (χ4v) is 6.20. The Hall–Kier alpha value is -3.47. The summed E-state index contributed by atoms with van der Waals surface area (Å²) in [5, 5.41) is 24.6. The molecule has 0 spiro atoms. The van der Waals surface area contributed by atoms with E-state index in [1.54, 1.807) is 12.1 Å². The molecule has 2 heterocycles. The lowest BCUT2D eigenvalue weighted by molar-refractivity contribution is -0.384. The normalized spacial score (nSPS) is 10.8. The van der Waals surface area contributed by atoms with E-state index in [-0.39, 0.29) is 28.8 Å². The maximum Gasteiger partial charge on any atom is 0.296 e. The van der Waals surface area contributed by atoms with Gasteiger partial charge in [-0.1, -0.05) is 34.9 Å². The lowest BCUT2D eigenvalue weighted by Crippen LogP contribution is -2.15. The van der Waals surface area contributed by atoms with Crippen LogP contribution in [0.1, 0.15) is 0 Å².